The second-order valence-electron chi connectivity index (χ2n) is 9.82. The highest BCUT2D eigenvalue weighted by molar-refractivity contribution is 6.42. The third-order valence-electron chi connectivity index (χ3n) is 7.44. The lowest BCUT2D eigenvalue weighted by Gasteiger charge is -2.26. The number of oxime groups is 1. The van der Waals surface area contributed by atoms with Crippen molar-refractivity contribution in [3.05, 3.63) is 107 Å². The van der Waals surface area contributed by atoms with Gasteiger partial charge >= 0.3 is 5.97 Å². The number of benzene rings is 3. The number of ketones is 1. The number of anilines is 1. The minimum atomic E-state index is -0.676. The molecule has 0 fully saturated rings. The number of carbonyl (C=O) groups is 2. The van der Waals surface area contributed by atoms with Crippen LogP contribution in [0, 0.1) is 0 Å². The number of hydrogen-bond acceptors (Lipinski definition) is 5. The van der Waals surface area contributed by atoms with Gasteiger partial charge in [-0.3, -0.25) is 4.79 Å². The summed E-state index contributed by atoms with van der Waals surface area (Å²) in [4.78, 5) is 32.3. The zero-order valence-electron chi connectivity index (χ0n) is 21.7. The highest BCUT2D eigenvalue weighted by atomic mass is 16.7. The standard InChI is InChI=1S/C32H30N2O3/c1-6-29(35)37-33-30-24-11-9-10-12-25(24)31(36)26(30)17-20-13-15-22-23-16-14-21(34(7-2)8-3)19-28(23)32(4,5)27(22)18-20/h6,9-19H,1,7-8H2,2-5H3/b26-17-,33-30+. The summed E-state index contributed by atoms with van der Waals surface area (Å²) in [5, 5.41) is 4.04. The number of allylic oxidation sites excluding steroid dienone is 1. The average Bonchev–Trinajstić information content (AvgIpc) is 3.30. The predicted octanol–water partition coefficient (Wildman–Crippen LogP) is 6.55. The summed E-state index contributed by atoms with van der Waals surface area (Å²) in [6.07, 6.45) is 2.88. The van der Waals surface area contributed by atoms with Crippen LogP contribution in [0.15, 0.2) is 84.0 Å². The molecular weight excluding hydrogens is 460 g/mol. The average molecular weight is 491 g/mol. The molecule has 5 nitrogen and oxygen atoms in total. The van der Waals surface area contributed by atoms with Crippen LogP contribution in [0.5, 0.6) is 0 Å². The molecule has 2 aliphatic carbocycles. The van der Waals surface area contributed by atoms with Gasteiger partial charge in [-0.15, -0.1) is 0 Å². The van der Waals surface area contributed by atoms with Gasteiger partial charge in [-0.2, -0.15) is 0 Å². The fourth-order valence-electron chi connectivity index (χ4n) is 5.43. The number of nitrogens with zero attached hydrogens (tertiary/aromatic N) is 2. The van der Waals surface area contributed by atoms with Crippen LogP contribution >= 0.6 is 0 Å². The SMILES string of the molecule is C=CC(=O)O/N=C1/C(=C/c2ccc3c(c2)C(C)(C)c2cc(N(CC)CC)ccc2-3)C(=O)c2ccccc21. The van der Waals surface area contributed by atoms with E-state index in [0.29, 0.717) is 22.4 Å². The molecule has 37 heavy (non-hydrogen) atoms. The second-order valence-corrected chi connectivity index (χ2v) is 9.82. The zero-order valence-corrected chi connectivity index (χ0v) is 21.7. The molecule has 0 heterocycles. The summed E-state index contributed by atoms with van der Waals surface area (Å²) in [6, 6.07) is 20.3. The van der Waals surface area contributed by atoms with E-state index in [1.807, 2.05) is 30.3 Å². The van der Waals surface area contributed by atoms with Crippen molar-refractivity contribution in [1.29, 1.82) is 0 Å². The van der Waals surface area contributed by atoms with Crippen molar-refractivity contribution in [2.24, 2.45) is 5.16 Å². The Bertz CT molecular complexity index is 1510. The van der Waals surface area contributed by atoms with Crippen LogP contribution in [-0.4, -0.2) is 30.6 Å². The van der Waals surface area contributed by atoms with Crippen LogP contribution in [0.25, 0.3) is 17.2 Å². The van der Waals surface area contributed by atoms with E-state index in [-0.39, 0.29) is 11.2 Å². The van der Waals surface area contributed by atoms with E-state index in [9.17, 15) is 9.59 Å². The first-order valence-corrected chi connectivity index (χ1v) is 12.6. The van der Waals surface area contributed by atoms with Crippen LogP contribution in [0.1, 0.15) is 60.3 Å². The molecule has 186 valence electrons. The lowest BCUT2D eigenvalue weighted by atomic mass is 9.81. The van der Waals surface area contributed by atoms with Crippen LogP contribution in [0.4, 0.5) is 5.69 Å². The Balaban J connectivity index is 1.58. The summed E-state index contributed by atoms with van der Waals surface area (Å²) in [7, 11) is 0. The van der Waals surface area contributed by atoms with Gasteiger partial charge in [-0.1, -0.05) is 74.1 Å². The molecule has 5 heteroatoms. The molecule has 0 aromatic heterocycles. The smallest absolute Gasteiger partial charge is 0.358 e. The minimum Gasteiger partial charge on any atom is -0.372 e. The Labute approximate surface area is 217 Å². The first-order valence-electron chi connectivity index (χ1n) is 12.6. The number of fused-ring (bicyclic) bond motifs is 4. The molecule has 0 N–H and O–H groups in total. The highest BCUT2D eigenvalue weighted by Crippen LogP contribution is 2.50. The Morgan fingerprint density at radius 2 is 1.59 bits per heavy atom. The number of carbonyl (C=O) groups excluding carboxylic acids is 2. The third kappa shape index (κ3) is 4.01. The molecule has 2 aliphatic rings. The van der Waals surface area contributed by atoms with Crippen molar-refractivity contribution >= 4 is 29.2 Å². The van der Waals surface area contributed by atoms with Crippen LogP contribution in [0.3, 0.4) is 0 Å². The summed E-state index contributed by atoms with van der Waals surface area (Å²) in [5.41, 5.74) is 8.85. The fraction of sp³-hybridized carbons (Fsp3) is 0.219. The van der Waals surface area contributed by atoms with Crippen LogP contribution in [0.2, 0.25) is 0 Å². The van der Waals surface area contributed by atoms with Gasteiger partial charge in [0, 0.05) is 41.4 Å². The lowest BCUT2D eigenvalue weighted by molar-refractivity contribution is -0.137. The van der Waals surface area contributed by atoms with Gasteiger partial charge in [0.2, 0.25) is 0 Å². The van der Waals surface area contributed by atoms with Gasteiger partial charge in [-0.05, 0) is 59.9 Å². The number of Topliss-reactive ketones (excluding diaryl/α,β-unsaturated/α-hetero) is 1. The van der Waals surface area contributed by atoms with E-state index < -0.39 is 5.97 Å². The maximum absolute atomic E-state index is 13.3. The van der Waals surface area contributed by atoms with Gasteiger partial charge in [0.25, 0.3) is 0 Å². The van der Waals surface area contributed by atoms with E-state index in [0.717, 1.165) is 24.7 Å². The molecule has 3 aromatic rings. The van der Waals surface area contributed by atoms with E-state index in [1.165, 1.54) is 27.9 Å². The first-order chi connectivity index (χ1) is 17.8. The Hall–Kier alpha value is -4.25. The molecule has 0 aliphatic heterocycles. The predicted molar refractivity (Wildman–Crippen MR) is 149 cm³/mol. The molecule has 0 bridgehead atoms. The minimum absolute atomic E-state index is 0.143. The third-order valence-corrected chi connectivity index (χ3v) is 7.44. The fourth-order valence-corrected chi connectivity index (χ4v) is 5.43. The van der Waals surface area contributed by atoms with Crippen LogP contribution < -0.4 is 4.90 Å². The van der Waals surface area contributed by atoms with Gasteiger partial charge in [0.05, 0.1) is 5.57 Å². The van der Waals surface area contributed by atoms with Crippen molar-refractivity contribution in [3.8, 4) is 11.1 Å². The molecule has 0 saturated carbocycles. The van der Waals surface area contributed by atoms with Crippen molar-refractivity contribution in [2.75, 3.05) is 18.0 Å². The molecule has 0 spiro atoms. The molecule has 0 saturated heterocycles. The summed E-state index contributed by atoms with van der Waals surface area (Å²) < 4.78 is 0. The van der Waals surface area contributed by atoms with E-state index >= 15 is 0 Å². The molecule has 5 rings (SSSR count). The van der Waals surface area contributed by atoms with Crippen LogP contribution in [-0.2, 0) is 15.0 Å². The van der Waals surface area contributed by atoms with Gasteiger partial charge < -0.3 is 9.74 Å². The van der Waals surface area contributed by atoms with Crippen molar-refractivity contribution in [3.63, 3.8) is 0 Å². The van der Waals surface area contributed by atoms with Crippen molar-refractivity contribution in [2.45, 2.75) is 33.1 Å². The Morgan fingerprint density at radius 1 is 0.946 bits per heavy atom. The molecular formula is C32H30N2O3. The summed E-state index contributed by atoms with van der Waals surface area (Å²) in [5.74, 6) is -0.819. The first kappa shape index (κ1) is 24.4. The van der Waals surface area contributed by atoms with Gasteiger partial charge in [0.15, 0.2) is 5.78 Å². The zero-order chi connectivity index (χ0) is 26.3. The van der Waals surface area contributed by atoms with E-state index in [1.54, 1.807) is 6.07 Å². The molecule has 0 atom stereocenters. The topological polar surface area (TPSA) is 59.0 Å². The summed E-state index contributed by atoms with van der Waals surface area (Å²) in [6.45, 7) is 14.2. The number of rotatable bonds is 6. The molecule has 0 radical (unpaired) electrons. The van der Waals surface area contributed by atoms with Crippen molar-refractivity contribution < 1.29 is 14.4 Å². The lowest BCUT2D eigenvalue weighted by Crippen LogP contribution is -2.22. The Morgan fingerprint density at radius 3 is 2.27 bits per heavy atom. The highest BCUT2D eigenvalue weighted by Gasteiger charge is 2.36. The maximum atomic E-state index is 13.3. The summed E-state index contributed by atoms with van der Waals surface area (Å²) >= 11 is 0. The normalized spacial score (nSPS) is 16.9. The number of hydrogen-bond donors (Lipinski definition) is 0. The van der Waals surface area contributed by atoms with E-state index in [2.05, 4.69) is 74.7 Å². The largest absolute Gasteiger partial charge is 0.372 e. The molecule has 0 amide bonds. The maximum Gasteiger partial charge on any atom is 0.358 e. The van der Waals surface area contributed by atoms with Gasteiger partial charge in [-0.25, -0.2) is 4.79 Å². The van der Waals surface area contributed by atoms with E-state index in [4.69, 9.17) is 4.84 Å². The quantitative estimate of drug-likeness (QED) is 0.223. The second kappa shape index (κ2) is 9.32. The monoisotopic (exact) mass is 490 g/mol. The molecule has 0 unspecified atom stereocenters. The van der Waals surface area contributed by atoms with Crippen molar-refractivity contribution in [1.82, 2.24) is 0 Å². The Kier molecular flexibility index (Phi) is 6.16. The van der Waals surface area contributed by atoms with Gasteiger partial charge in [0.1, 0.15) is 5.71 Å². The molecule has 3 aromatic carbocycles.